The lowest BCUT2D eigenvalue weighted by atomic mass is 10.3. The maximum absolute atomic E-state index is 11.2. The quantitative estimate of drug-likeness (QED) is 0.743. The molecule has 7 nitrogen and oxygen atoms in total. The van der Waals surface area contributed by atoms with E-state index < -0.39 is 9.05 Å². The van der Waals surface area contributed by atoms with Crippen LogP contribution in [-0.4, -0.2) is 33.0 Å². The summed E-state index contributed by atoms with van der Waals surface area (Å²) in [6.45, 7) is 1.83. The highest BCUT2D eigenvalue weighted by Crippen LogP contribution is 2.21. The molecular formula is C8H10ClN5O2S. The molecule has 0 saturated heterocycles. The van der Waals surface area contributed by atoms with Gasteiger partial charge in [-0.1, -0.05) is 0 Å². The van der Waals surface area contributed by atoms with Crippen molar-refractivity contribution in [2.75, 3.05) is 0 Å². The van der Waals surface area contributed by atoms with Gasteiger partial charge in [0.2, 0.25) is 0 Å². The fourth-order valence-electron chi connectivity index (χ4n) is 1.57. The van der Waals surface area contributed by atoms with Crippen molar-refractivity contribution in [3.05, 3.63) is 11.8 Å². The number of hydrogen-bond donors (Lipinski definition) is 0. The van der Waals surface area contributed by atoms with Crippen LogP contribution in [0.25, 0.3) is 11.5 Å². The summed E-state index contributed by atoms with van der Waals surface area (Å²) >= 11 is 0. The molecule has 0 bridgehead atoms. The van der Waals surface area contributed by atoms with E-state index in [1.54, 1.807) is 17.8 Å². The normalized spacial score (nSPS) is 12.0. The molecule has 2 rings (SSSR count). The van der Waals surface area contributed by atoms with Gasteiger partial charge in [-0.25, -0.2) is 8.42 Å². The second-order valence-electron chi connectivity index (χ2n) is 3.60. The highest BCUT2D eigenvalue weighted by molar-refractivity contribution is 8.13. The zero-order valence-corrected chi connectivity index (χ0v) is 11.0. The Bertz CT molecular complexity index is 672. The summed E-state index contributed by atoms with van der Waals surface area (Å²) in [5, 5.41) is 11.2. The number of aromatic nitrogens is 5. The molecule has 0 aromatic carbocycles. The predicted octanol–water partition coefficient (Wildman–Crippen LogP) is 0.452. The largest absolute Gasteiger partial charge is 0.299 e. The van der Waals surface area contributed by atoms with Crippen LogP contribution in [-0.2, 0) is 23.1 Å². The van der Waals surface area contributed by atoms with E-state index in [-0.39, 0.29) is 5.16 Å². The highest BCUT2D eigenvalue weighted by atomic mass is 35.7. The smallest absolute Gasteiger partial charge is 0.296 e. The van der Waals surface area contributed by atoms with Gasteiger partial charge in [-0.05, 0) is 13.0 Å². The first kappa shape index (κ1) is 12.1. The van der Waals surface area contributed by atoms with E-state index in [1.807, 2.05) is 6.92 Å². The summed E-state index contributed by atoms with van der Waals surface area (Å²) in [5.41, 5.74) is 1.48. The van der Waals surface area contributed by atoms with Crippen LogP contribution in [0.2, 0.25) is 0 Å². The fourth-order valence-corrected chi connectivity index (χ4v) is 2.53. The van der Waals surface area contributed by atoms with Gasteiger partial charge in [-0.2, -0.15) is 5.10 Å². The summed E-state index contributed by atoms with van der Waals surface area (Å²) in [6.07, 6.45) is 0. The van der Waals surface area contributed by atoms with Crippen LogP contribution in [0, 0.1) is 6.92 Å². The molecule has 0 unspecified atom stereocenters. The molecule has 0 radical (unpaired) electrons. The van der Waals surface area contributed by atoms with Crippen molar-refractivity contribution in [2.24, 2.45) is 14.1 Å². The van der Waals surface area contributed by atoms with Crippen LogP contribution in [0.4, 0.5) is 0 Å². The average Bonchev–Trinajstić information content (AvgIpc) is 2.68. The van der Waals surface area contributed by atoms with E-state index in [2.05, 4.69) is 15.3 Å². The molecule has 0 fully saturated rings. The summed E-state index contributed by atoms with van der Waals surface area (Å²) in [5.74, 6) is 0.396. The molecule has 0 aliphatic heterocycles. The van der Waals surface area contributed by atoms with Gasteiger partial charge in [0.05, 0.1) is 5.69 Å². The topological polar surface area (TPSA) is 82.7 Å². The van der Waals surface area contributed by atoms with Crippen LogP contribution in [0.3, 0.4) is 0 Å². The molecular weight excluding hydrogens is 266 g/mol. The molecule has 0 aliphatic rings. The molecule has 0 aliphatic carbocycles. The minimum atomic E-state index is -3.89. The van der Waals surface area contributed by atoms with Gasteiger partial charge in [-0.3, -0.25) is 9.25 Å². The second kappa shape index (κ2) is 3.81. The number of rotatable bonds is 2. The van der Waals surface area contributed by atoms with Gasteiger partial charge < -0.3 is 0 Å². The third-order valence-electron chi connectivity index (χ3n) is 2.28. The van der Waals surface area contributed by atoms with Crippen molar-refractivity contribution in [3.63, 3.8) is 0 Å². The molecule has 0 N–H and O–H groups in total. The molecule has 2 aromatic heterocycles. The first-order chi connectivity index (χ1) is 7.80. The van der Waals surface area contributed by atoms with Gasteiger partial charge in [0.1, 0.15) is 5.69 Å². The second-order valence-corrected chi connectivity index (χ2v) is 6.06. The Morgan fingerprint density at radius 3 is 2.35 bits per heavy atom. The van der Waals surface area contributed by atoms with Gasteiger partial charge in [0.15, 0.2) is 5.82 Å². The van der Waals surface area contributed by atoms with E-state index in [9.17, 15) is 8.42 Å². The first-order valence-electron chi connectivity index (χ1n) is 4.66. The Balaban J connectivity index is 2.63. The minimum absolute atomic E-state index is 0.284. The van der Waals surface area contributed by atoms with Crippen LogP contribution >= 0.6 is 10.7 Å². The first-order valence-corrected chi connectivity index (χ1v) is 6.96. The lowest BCUT2D eigenvalue weighted by Gasteiger charge is -2.01. The molecule has 0 atom stereocenters. The summed E-state index contributed by atoms with van der Waals surface area (Å²) < 4.78 is 25.3. The molecule has 9 heteroatoms. The SMILES string of the molecule is Cc1cc(-c2nnc(S(=O)(=O)Cl)n2C)n(C)n1. The van der Waals surface area contributed by atoms with Crippen molar-refractivity contribution < 1.29 is 8.42 Å². The van der Waals surface area contributed by atoms with E-state index in [1.165, 1.54) is 11.6 Å². The summed E-state index contributed by atoms with van der Waals surface area (Å²) in [6, 6.07) is 1.79. The van der Waals surface area contributed by atoms with Crippen molar-refractivity contribution in [1.82, 2.24) is 24.5 Å². The van der Waals surface area contributed by atoms with E-state index >= 15 is 0 Å². The number of hydrogen-bond acceptors (Lipinski definition) is 5. The zero-order valence-electron chi connectivity index (χ0n) is 9.42. The van der Waals surface area contributed by atoms with Gasteiger partial charge in [0.25, 0.3) is 14.2 Å². The van der Waals surface area contributed by atoms with E-state index in [0.717, 1.165) is 5.69 Å². The molecule has 0 amide bonds. The minimum Gasteiger partial charge on any atom is -0.299 e. The molecule has 17 heavy (non-hydrogen) atoms. The summed E-state index contributed by atoms with van der Waals surface area (Å²) in [4.78, 5) is 0. The lowest BCUT2D eigenvalue weighted by Crippen LogP contribution is -2.04. The molecule has 0 saturated carbocycles. The third kappa shape index (κ3) is 2.05. The zero-order chi connectivity index (χ0) is 12.8. The van der Waals surface area contributed by atoms with Crippen molar-refractivity contribution in [1.29, 1.82) is 0 Å². The van der Waals surface area contributed by atoms with Gasteiger partial charge in [-0.15, -0.1) is 10.2 Å². The van der Waals surface area contributed by atoms with Gasteiger partial charge in [0, 0.05) is 24.8 Å². The Kier molecular flexibility index (Phi) is 2.70. The average molecular weight is 276 g/mol. The van der Waals surface area contributed by atoms with Crippen LogP contribution < -0.4 is 0 Å². The van der Waals surface area contributed by atoms with Crippen LogP contribution in [0.15, 0.2) is 11.2 Å². The van der Waals surface area contributed by atoms with Gasteiger partial charge >= 0.3 is 0 Å². The standard InChI is InChI=1S/C8H10ClN5O2S/c1-5-4-6(14(3)12-5)7-10-11-8(13(7)2)17(9,15)16/h4H,1-3H3. The van der Waals surface area contributed by atoms with Crippen LogP contribution in [0.5, 0.6) is 0 Å². The monoisotopic (exact) mass is 275 g/mol. The maximum Gasteiger partial charge on any atom is 0.296 e. The fraction of sp³-hybridized carbons (Fsp3) is 0.375. The van der Waals surface area contributed by atoms with E-state index in [4.69, 9.17) is 10.7 Å². The molecule has 2 aromatic rings. The number of halogens is 1. The molecule has 2 heterocycles. The highest BCUT2D eigenvalue weighted by Gasteiger charge is 2.22. The summed E-state index contributed by atoms with van der Waals surface area (Å²) in [7, 11) is 4.62. The Morgan fingerprint density at radius 2 is 1.94 bits per heavy atom. The third-order valence-corrected chi connectivity index (χ3v) is 3.49. The number of nitrogens with zero attached hydrogens (tertiary/aromatic N) is 5. The lowest BCUT2D eigenvalue weighted by molar-refractivity contribution is 0.592. The van der Waals surface area contributed by atoms with Crippen molar-refractivity contribution >= 4 is 19.7 Å². The number of aryl methyl sites for hydroxylation is 2. The van der Waals surface area contributed by atoms with Crippen molar-refractivity contribution in [3.8, 4) is 11.5 Å². The van der Waals surface area contributed by atoms with E-state index in [0.29, 0.717) is 11.5 Å². The maximum atomic E-state index is 11.2. The Morgan fingerprint density at radius 1 is 1.29 bits per heavy atom. The molecule has 0 spiro atoms. The predicted molar refractivity (Wildman–Crippen MR) is 61.0 cm³/mol. The Labute approximate surface area is 102 Å². The Hall–Kier alpha value is -1.41. The van der Waals surface area contributed by atoms with Crippen LogP contribution in [0.1, 0.15) is 5.69 Å². The molecule has 92 valence electrons. The van der Waals surface area contributed by atoms with Crippen molar-refractivity contribution in [2.45, 2.75) is 12.1 Å².